The second kappa shape index (κ2) is 10.9. The van der Waals surface area contributed by atoms with E-state index in [-0.39, 0.29) is 11.9 Å². The van der Waals surface area contributed by atoms with Gasteiger partial charge in [0.25, 0.3) is 5.91 Å². The van der Waals surface area contributed by atoms with Crippen LogP contribution in [0, 0.1) is 0 Å². The van der Waals surface area contributed by atoms with Gasteiger partial charge in [0.05, 0.1) is 15.7 Å². The topological polar surface area (TPSA) is 144 Å². The number of anilines is 2. The van der Waals surface area contributed by atoms with Gasteiger partial charge in [-0.2, -0.15) is 5.10 Å². The van der Waals surface area contributed by atoms with Crippen molar-refractivity contribution in [3.63, 3.8) is 0 Å². The predicted molar refractivity (Wildman–Crippen MR) is 153 cm³/mol. The molecule has 0 radical (unpaired) electrons. The first-order valence-electron chi connectivity index (χ1n) is 12.8. The molecule has 0 saturated carbocycles. The Balaban J connectivity index is 1.25. The van der Waals surface area contributed by atoms with Crippen LogP contribution in [0.25, 0.3) is 22.4 Å². The summed E-state index contributed by atoms with van der Waals surface area (Å²) < 4.78 is 9.77. The molecule has 0 unspecified atom stereocenters. The number of ether oxygens (including phenoxy) is 1. The fourth-order valence-corrected chi connectivity index (χ4v) is 5.97. The van der Waals surface area contributed by atoms with Crippen LogP contribution in [0.15, 0.2) is 36.8 Å². The van der Waals surface area contributed by atoms with Gasteiger partial charge in [-0.05, 0) is 55.6 Å². The van der Waals surface area contributed by atoms with Gasteiger partial charge in [0.2, 0.25) is 0 Å². The van der Waals surface area contributed by atoms with Crippen LogP contribution in [0.1, 0.15) is 22.5 Å². The monoisotopic (exact) mass is 581 g/mol. The number of tetrazole rings is 1. The van der Waals surface area contributed by atoms with E-state index in [1.807, 2.05) is 31.1 Å². The number of hydrogen-bond donors (Lipinski definition) is 2. The fourth-order valence-electron chi connectivity index (χ4n) is 4.91. The lowest BCUT2D eigenvalue weighted by molar-refractivity contribution is 0.0933. The van der Waals surface area contributed by atoms with E-state index in [1.165, 1.54) is 17.7 Å². The normalized spacial score (nSPS) is 15.8. The summed E-state index contributed by atoms with van der Waals surface area (Å²) in [6, 6.07) is 7.49. The number of likely N-dealkylation sites (N-methyl/N-ethyl adjacent to an activating group) is 1. The summed E-state index contributed by atoms with van der Waals surface area (Å²) in [5.41, 5.74) is 10.3. The smallest absolute Gasteiger partial charge is 0.265 e. The van der Waals surface area contributed by atoms with E-state index < -0.39 is 0 Å². The van der Waals surface area contributed by atoms with E-state index >= 15 is 0 Å². The highest BCUT2D eigenvalue weighted by atomic mass is 35.5. The average Bonchev–Trinajstić information content (AvgIpc) is 3.65. The Kier molecular flexibility index (Phi) is 7.12. The van der Waals surface area contributed by atoms with E-state index in [1.54, 1.807) is 21.3 Å². The second-order valence-corrected chi connectivity index (χ2v) is 11.6. The van der Waals surface area contributed by atoms with Crippen LogP contribution in [-0.4, -0.2) is 91.8 Å². The molecule has 0 aromatic carbocycles. The molecular weight excluding hydrogens is 554 g/mol. The number of thiophene rings is 1. The molecule has 6 rings (SSSR count). The van der Waals surface area contributed by atoms with Crippen molar-refractivity contribution in [1.29, 1.82) is 0 Å². The van der Waals surface area contributed by atoms with Crippen molar-refractivity contribution in [2.45, 2.75) is 18.9 Å². The summed E-state index contributed by atoms with van der Waals surface area (Å²) in [6.45, 7) is 2.60. The fraction of sp³-hybridized carbons (Fsp3) is 0.360. The highest BCUT2D eigenvalue weighted by Gasteiger charge is 2.28. The van der Waals surface area contributed by atoms with Crippen LogP contribution >= 0.6 is 22.9 Å². The van der Waals surface area contributed by atoms with Crippen molar-refractivity contribution in [2.75, 3.05) is 51.0 Å². The first kappa shape index (κ1) is 26.2. The summed E-state index contributed by atoms with van der Waals surface area (Å²) in [4.78, 5) is 22.3. The van der Waals surface area contributed by atoms with Crippen molar-refractivity contribution in [3.8, 4) is 17.0 Å². The SMILES string of the molecule is CN(C)CCOc1cc(Cl)sc1C(=O)N[C@@H]1CCCN(c2cc(-c3ccn4nnnc4c3)n3ncnc(N)c23)C1. The van der Waals surface area contributed by atoms with Crippen LogP contribution < -0.4 is 20.7 Å². The molecule has 5 aromatic heterocycles. The number of fused-ring (bicyclic) bond motifs is 2. The molecular formula is C25H28ClN11O2S. The number of piperidine rings is 1. The van der Waals surface area contributed by atoms with E-state index in [0.717, 1.165) is 42.9 Å². The molecule has 0 aliphatic carbocycles. The molecule has 1 aliphatic heterocycles. The number of nitrogens with zero attached hydrogens (tertiary/aromatic N) is 9. The minimum atomic E-state index is -0.191. The largest absolute Gasteiger partial charge is 0.490 e. The highest BCUT2D eigenvalue weighted by Crippen LogP contribution is 2.36. The standard InChI is InChI=1S/C25H28ClN11O2S/c1-34(2)8-9-39-19-12-20(26)40-23(19)25(38)30-16-4-3-6-35(13-16)18-11-17(37-22(18)24(27)28-14-29-37)15-5-7-36-21(10-15)31-32-33-36/h5,7,10-12,14,16H,3-4,6,8-9,13H2,1-2H3,(H,30,38)(H2,27,28,29)/t16-/m1/s1. The molecule has 1 fully saturated rings. The average molecular weight is 582 g/mol. The van der Waals surface area contributed by atoms with E-state index in [2.05, 4.69) is 41.9 Å². The summed E-state index contributed by atoms with van der Waals surface area (Å²) >= 11 is 7.47. The molecule has 1 atom stereocenters. The van der Waals surface area contributed by atoms with Crippen LogP contribution in [0.2, 0.25) is 4.34 Å². The minimum Gasteiger partial charge on any atom is -0.490 e. The number of pyridine rings is 1. The zero-order valence-corrected chi connectivity index (χ0v) is 23.6. The van der Waals surface area contributed by atoms with Gasteiger partial charge in [0, 0.05) is 43.5 Å². The Labute approximate surface area is 238 Å². The van der Waals surface area contributed by atoms with Crippen LogP contribution in [0.3, 0.4) is 0 Å². The van der Waals surface area contributed by atoms with Gasteiger partial charge in [0.1, 0.15) is 29.1 Å². The first-order chi connectivity index (χ1) is 19.4. The van der Waals surface area contributed by atoms with E-state index in [0.29, 0.717) is 45.1 Å². The van der Waals surface area contributed by atoms with Crippen molar-refractivity contribution < 1.29 is 9.53 Å². The number of carbonyl (C=O) groups excluding carboxylic acids is 1. The summed E-state index contributed by atoms with van der Waals surface area (Å²) in [5, 5.41) is 19.4. The summed E-state index contributed by atoms with van der Waals surface area (Å²) in [7, 11) is 3.94. The number of nitrogen functional groups attached to an aromatic ring is 1. The van der Waals surface area contributed by atoms with Gasteiger partial charge in [-0.1, -0.05) is 11.6 Å². The third kappa shape index (κ3) is 5.12. The van der Waals surface area contributed by atoms with Crippen molar-refractivity contribution in [3.05, 3.63) is 46.0 Å². The van der Waals surface area contributed by atoms with Gasteiger partial charge < -0.3 is 25.6 Å². The molecule has 1 amide bonds. The molecule has 6 heterocycles. The lowest BCUT2D eigenvalue weighted by Crippen LogP contribution is -2.47. The molecule has 1 saturated heterocycles. The molecule has 3 N–H and O–H groups in total. The quantitative estimate of drug-likeness (QED) is 0.280. The maximum Gasteiger partial charge on any atom is 0.265 e. The number of nitrogens with two attached hydrogens (primary N) is 1. The van der Waals surface area contributed by atoms with Crippen molar-refractivity contribution >= 4 is 51.5 Å². The molecule has 208 valence electrons. The van der Waals surface area contributed by atoms with Crippen molar-refractivity contribution in [2.24, 2.45) is 0 Å². The van der Waals surface area contributed by atoms with Gasteiger partial charge in [-0.15, -0.1) is 16.4 Å². The van der Waals surface area contributed by atoms with Gasteiger partial charge in [-0.3, -0.25) is 4.79 Å². The first-order valence-corrected chi connectivity index (χ1v) is 14.0. The Hall–Kier alpha value is -4.01. The summed E-state index contributed by atoms with van der Waals surface area (Å²) in [5.74, 6) is 0.694. The molecule has 0 bridgehead atoms. The number of hydrogen-bond acceptors (Lipinski definition) is 11. The third-order valence-electron chi connectivity index (χ3n) is 6.82. The molecule has 5 aromatic rings. The molecule has 40 heavy (non-hydrogen) atoms. The molecule has 0 spiro atoms. The second-order valence-electron chi connectivity index (χ2n) is 9.87. The number of nitrogens with one attached hydrogen (secondary N) is 1. The van der Waals surface area contributed by atoms with E-state index in [4.69, 9.17) is 22.1 Å². The lowest BCUT2D eigenvalue weighted by Gasteiger charge is -2.34. The van der Waals surface area contributed by atoms with Gasteiger partial charge >= 0.3 is 0 Å². The third-order valence-corrected chi connectivity index (χ3v) is 8.07. The number of halogens is 1. The highest BCUT2D eigenvalue weighted by molar-refractivity contribution is 7.18. The number of amides is 1. The predicted octanol–water partition coefficient (Wildman–Crippen LogP) is 2.47. The Bertz CT molecular complexity index is 1680. The van der Waals surface area contributed by atoms with Crippen LogP contribution in [-0.2, 0) is 0 Å². The van der Waals surface area contributed by atoms with Gasteiger partial charge in [-0.25, -0.2) is 14.0 Å². The van der Waals surface area contributed by atoms with Crippen molar-refractivity contribution in [1.82, 2.24) is 44.9 Å². The maximum atomic E-state index is 13.3. The number of aromatic nitrogens is 7. The minimum absolute atomic E-state index is 0.0839. The molecule has 13 nitrogen and oxygen atoms in total. The van der Waals surface area contributed by atoms with E-state index in [9.17, 15) is 4.79 Å². The zero-order valence-electron chi connectivity index (χ0n) is 22.0. The van der Waals surface area contributed by atoms with Crippen LogP contribution in [0.4, 0.5) is 11.5 Å². The lowest BCUT2D eigenvalue weighted by atomic mass is 10.0. The zero-order chi connectivity index (χ0) is 27.8. The number of carbonyl (C=O) groups is 1. The summed E-state index contributed by atoms with van der Waals surface area (Å²) in [6.07, 6.45) is 4.98. The Morgan fingerprint density at radius 1 is 1.32 bits per heavy atom. The van der Waals surface area contributed by atoms with Gasteiger partial charge in [0.15, 0.2) is 11.5 Å². The Morgan fingerprint density at radius 2 is 2.20 bits per heavy atom. The number of rotatable bonds is 8. The molecule has 1 aliphatic rings. The molecule has 15 heteroatoms. The maximum absolute atomic E-state index is 13.3. The Morgan fingerprint density at radius 3 is 3.05 bits per heavy atom. The van der Waals surface area contributed by atoms with Crippen LogP contribution in [0.5, 0.6) is 5.75 Å².